The zero-order valence-corrected chi connectivity index (χ0v) is 10.7. The minimum Gasteiger partial charge on any atom is -0.322 e. The highest BCUT2D eigenvalue weighted by molar-refractivity contribution is 9.10. The van der Waals surface area contributed by atoms with Crippen LogP contribution in [0.5, 0.6) is 0 Å². The molecule has 5 heteroatoms. The highest BCUT2D eigenvalue weighted by Gasteiger charge is 2.12. The number of hydrogen-bond acceptors (Lipinski definition) is 1. The van der Waals surface area contributed by atoms with Gasteiger partial charge in [0.2, 0.25) is 0 Å². The predicted octanol–water partition coefficient (Wildman–Crippen LogP) is 3.98. The lowest BCUT2D eigenvalue weighted by atomic mass is 10.2. The second kappa shape index (κ2) is 5.27. The second-order valence-electron chi connectivity index (χ2n) is 3.59. The first-order valence-corrected chi connectivity index (χ1v) is 5.87. The molecule has 92 valence electrons. The van der Waals surface area contributed by atoms with E-state index in [0.717, 1.165) is 22.7 Å². The van der Waals surface area contributed by atoms with Crippen LogP contribution in [0.25, 0.3) is 0 Å². The Bertz CT molecular complexity index is 584. The van der Waals surface area contributed by atoms with Crippen LogP contribution in [-0.2, 0) is 0 Å². The molecule has 0 spiro atoms. The van der Waals surface area contributed by atoms with Crippen LogP contribution < -0.4 is 5.32 Å². The van der Waals surface area contributed by atoms with Gasteiger partial charge >= 0.3 is 0 Å². The summed E-state index contributed by atoms with van der Waals surface area (Å²) >= 11 is 3.26. The highest BCUT2D eigenvalue weighted by atomic mass is 79.9. The maximum Gasteiger partial charge on any atom is 0.258 e. The van der Waals surface area contributed by atoms with Gasteiger partial charge in [-0.15, -0.1) is 0 Å². The van der Waals surface area contributed by atoms with Crippen LogP contribution in [0.1, 0.15) is 10.4 Å². The minimum atomic E-state index is -0.758. The van der Waals surface area contributed by atoms with Crippen LogP contribution in [0.3, 0.4) is 0 Å². The minimum absolute atomic E-state index is 0.321. The van der Waals surface area contributed by atoms with Crippen molar-refractivity contribution >= 4 is 27.5 Å². The van der Waals surface area contributed by atoms with E-state index in [2.05, 4.69) is 21.2 Å². The molecule has 0 atom stereocenters. The first-order valence-electron chi connectivity index (χ1n) is 5.08. The van der Waals surface area contributed by atoms with E-state index < -0.39 is 17.5 Å². The number of anilines is 1. The van der Waals surface area contributed by atoms with Gasteiger partial charge < -0.3 is 5.32 Å². The molecular weight excluding hydrogens is 304 g/mol. The van der Waals surface area contributed by atoms with E-state index in [9.17, 15) is 13.6 Å². The third kappa shape index (κ3) is 2.92. The largest absolute Gasteiger partial charge is 0.322 e. The van der Waals surface area contributed by atoms with Gasteiger partial charge in [0.05, 0.1) is 5.56 Å². The summed E-state index contributed by atoms with van der Waals surface area (Å²) in [5.74, 6) is -2.10. The van der Waals surface area contributed by atoms with Crippen LogP contribution in [0, 0.1) is 11.6 Å². The Balaban J connectivity index is 2.21. The molecule has 18 heavy (non-hydrogen) atoms. The number of hydrogen-bond donors (Lipinski definition) is 1. The summed E-state index contributed by atoms with van der Waals surface area (Å²) in [5, 5.41) is 2.49. The number of amides is 1. The van der Waals surface area contributed by atoms with Crippen LogP contribution in [0.2, 0.25) is 0 Å². The van der Waals surface area contributed by atoms with Crippen molar-refractivity contribution in [3.8, 4) is 0 Å². The summed E-state index contributed by atoms with van der Waals surface area (Å²) in [4.78, 5) is 11.7. The van der Waals surface area contributed by atoms with E-state index in [-0.39, 0.29) is 5.56 Å². The van der Waals surface area contributed by atoms with Gasteiger partial charge in [-0.1, -0.05) is 15.9 Å². The first kappa shape index (κ1) is 12.7. The van der Waals surface area contributed by atoms with Crippen molar-refractivity contribution in [1.29, 1.82) is 0 Å². The quantitative estimate of drug-likeness (QED) is 0.893. The molecule has 0 saturated heterocycles. The van der Waals surface area contributed by atoms with E-state index in [1.807, 2.05) is 0 Å². The molecule has 0 heterocycles. The molecule has 2 rings (SSSR count). The van der Waals surface area contributed by atoms with Gasteiger partial charge in [-0.2, -0.15) is 0 Å². The number of halogens is 3. The molecule has 0 aliphatic carbocycles. The Morgan fingerprint density at radius 1 is 1.06 bits per heavy atom. The fourth-order valence-electron chi connectivity index (χ4n) is 1.40. The fourth-order valence-corrected chi connectivity index (χ4v) is 1.67. The topological polar surface area (TPSA) is 29.1 Å². The van der Waals surface area contributed by atoms with Crippen molar-refractivity contribution in [2.75, 3.05) is 5.32 Å². The van der Waals surface area contributed by atoms with E-state index in [4.69, 9.17) is 0 Å². The molecule has 2 nitrogen and oxygen atoms in total. The molecule has 0 saturated carbocycles. The van der Waals surface area contributed by atoms with E-state index in [1.54, 1.807) is 24.3 Å². The van der Waals surface area contributed by atoms with Crippen molar-refractivity contribution in [2.24, 2.45) is 0 Å². The smallest absolute Gasteiger partial charge is 0.258 e. The number of carbonyl (C=O) groups excluding carboxylic acids is 1. The van der Waals surface area contributed by atoms with Crippen molar-refractivity contribution in [1.82, 2.24) is 0 Å². The summed E-state index contributed by atoms with van der Waals surface area (Å²) < 4.78 is 27.2. The Kier molecular flexibility index (Phi) is 3.72. The monoisotopic (exact) mass is 311 g/mol. The highest BCUT2D eigenvalue weighted by Crippen LogP contribution is 2.16. The lowest BCUT2D eigenvalue weighted by Gasteiger charge is -2.06. The average Bonchev–Trinajstić information content (AvgIpc) is 2.35. The number of carbonyl (C=O) groups is 1. The molecule has 0 aromatic heterocycles. The fraction of sp³-hybridized carbons (Fsp3) is 0. The van der Waals surface area contributed by atoms with Crippen LogP contribution in [-0.4, -0.2) is 5.91 Å². The standard InChI is InChI=1S/C13H8BrF2NO/c14-8-1-4-10(5-2-8)17-13(18)11-7-9(15)3-6-12(11)16/h1-7H,(H,17,18). The first-order chi connectivity index (χ1) is 8.56. The molecule has 0 bridgehead atoms. The Hall–Kier alpha value is -1.75. The van der Waals surface area contributed by atoms with E-state index >= 15 is 0 Å². The van der Waals surface area contributed by atoms with Crippen LogP contribution in [0.4, 0.5) is 14.5 Å². The second-order valence-corrected chi connectivity index (χ2v) is 4.50. The zero-order chi connectivity index (χ0) is 13.1. The molecule has 0 aliphatic rings. The average molecular weight is 312 g/mol. The third-order valence-electron chi connectivity index (χ3n) is 2.28. The van der Waals surface area contributed by atoms with Gasteiger partial charge in [0.1, 0.15) is 11.6 Å². The van der Waals surface area contributed by atoms with Crippen LogP contribution >= 0.6 is 15.9 Å². The lowest BCUT2D eigenvalue weighted by Crippen LogP contribution is -2.14. The molecule has 1 amide bonds. The van der Waals surface area contributed by atoms with E-state index in [1.165, 1.54) is 0 Å². The molecule has 0 aliphatic heterocycles. The zero-order valence-electron chi connectivity index (χ0n) is 9.08. The van der Waals surface area contributed by atoms with E-state index in [0.29, 0.717) is 5.69 Å². The Morgan fingerprint density at radius 3 is 2.39 bits per heavy atom. The maximum absolute atomic E-state index is 13.4. The van der Waals surface area contributed by atoms with Gasteiger partial charge in [-0.3, -0.25) is 4.79 Å². The summed E-state index contributed by atoms with van der Waals surface area (Å²) in [6, 6.07) is 9.52. The maximum atomic E-state index is 13.4. The molecule has 2 aromatic carbocycles. The van der Waals surface area contributed by atoms with Gasteiger partial charge in [0.25, 0.3) is 5.91 Å². The van der Waals surface area contributed by atoms with Crippen molar-refractivity contribution in [3.63, 3.8) is 0 Å². The number of rotatable bonds is 2. The molecule has 0 unspecified atom stereocenters. The number of benzene rings is 2. The summed E-state index contributed by atoms with van der Waals surface area (Å²) in [7, 11) is 0. The normalized spacial score (nSPS) is 10.2. The molecule has 1 N–H and O–H groups in total. The predicted molar refractivity (Wildman–Crippen MR) is 68.5 cm³/mol. The summed E-state index contributed by atoms with van der Waals surface area (Å²) in [6.07, 6.45) is 0. The van der Waals surface area contributed by atoms with Crippen molar-refractivity contribution in [3.05, 3.63) is 64.1 Å². The number of nitrogens with one attached hydrogen (secondary N) is 1. The SMILES string of the molecule is O=C(Nc1ccc(Br)cc1)c1cc(F)ccc1F. The molecular formula is C13H8BrF2NO. The Labute approximate surface area is 111 Å². The summed E-state index contributed by atoms with van der Waals surface area (Å²) in [5.41, 5.74) is 0.185. The molecule has 2 aromatic rings. The third-order valence-corrected chi connectivity index (χ3v) is 2.80. The van der Waals surface area contributed by atoms with Crippen molar-refractivity contribution in [2.45, 2.75) is 0 Å². The molecule has 0 radical (unpaired) electrons. The lowest BCUT2D eigenvalue weighted by molar-refractivity contribution is 0.102. The van der Waals surface area contributed by atoms with Gasteiger partial charge in [-0.05, 0) is 42.5 Å². The van der Waals surface area contributed by atoms with Gasteiger partial charge in [0.15, 0.2) is 0 Å². The summed E-state index contributed by atoms with van der Waals surface area (Å²) in [6.45, 7) is 0. The Morgan fingerprint density at radius 2 is 1.72 bits per heavy atom. The van der Waals surface area contributed by atoms with Gasteiger partial charge in [0, 0.05) is 10.2 Å². The van der Waals surface area contributed by atoms with Crippen molar-refractivity contribution < 1.29 is 13.6 Å². The van der Waals surface area contributed by atoms with Crippen LogP contribution in [0.15, 0.2) is 46.9 Å². The molecule has 0 fully saturated rings. The van der Waals surface area contributed by atoms with Gasteiger partial charge in [-0.25, -0.2) is 8.78 Å².